The average molecular weight is 244 g/mol. The van der Waals surface area contributed by atoms with E-state index in [9.17, 15) is 0 Å². The van der Waals surface area contributed by atoms with Crippen molar-refractivity contribution in [3.05, 3.63) is 29.8 Å². The molecule has 3 heteroatoms. The summed E-state index contributed by atoms with van der Waals surface area (Å²) >= 11 is 0. The molecule has 1 aromatic rings. The molecule has 1 atom stereocenters. The van der Waals surface area contributed by atoms with Gasteiger partial charge in [0.1, 0.15) is 5.75 Å². The molecule has 2 aliphatic heterocycles. The van der Waals surface area contributed by atoms with Gasteiger partial charge < -0.3 is 10.1 Å². The van der Waals surface area contributed by atoms with E-state index in [0.717, 1.165) is 31.7 Å². The van der Waals surface area contributed by atoms with Crippen molar-refractivity contribution >= 4 is 5.84 Å². The number of ether oxygens (including phenoxy) is 1. The summed E-state index contributed by atoms with van der Waals surface area (Å²) in [5.41, 5.74) is 1.27. The summed E-state index contributed by atoms with van der Waals surface area (Å²) in [4.78, 5) is 4.65. The number of rotatable bonds is 1. The van der Waals surface area contributed by atoms with E-state index in [1.54, 1.807) is 0 Å². The van der Waals surface area contributed by atoms with Crippen LogP contribution in [0.2, 0.25) is 0 Å². The number of para-hydroxylation sites is 1. The van der Waals surface area contributed by atoms with Gasteiger partial charge in [0.05, 0.1) is 18.5 Å². The number of hydrogen-bond acceptors (Lipinski definition) is 3. The van der Waals surface area contributed by atoms with Crippen molar-refractivity contribution < 1.29 is 4.74 Å². The predicted molar refractivity (Wildman–Crippen MR) is 73.2 cm³/mol. The highest BCUT2D eigenvalue weighted by Crippen LogP contribution is 2.31. The molecule has 0 aliphatic carbocycles. The molecule has 3 rings (SSSR count). The number of fused-ring (bicyclic) bond motifs is 1. The van der Waals surface area contributed by atoms with Crippen molar-refractivity contribution in [3.8, 4) is 5.75 Å². The monoisotopic (exact) mass is 244 g/mol. The molecule has 2 aliphatic rings. The quantitative estimate of drug-likeness (QED) is 0.823. The molecule has 0 fully saturated rings. The maximum atomic E-state index is 5.69. The lowest BCUT2D eigenvalue weighted by Gasteiger charge is -2.27. The van der Waals surface area contributed by atoms with E-state index in [-0.39, 0.29) is 0 Å². The van der Waals surface area contributed by atoms with Gasteiger partial charge in [-0.05, 0) is 18.9 Å². The van der Waals surface area contributed by atoms with Crippen LogP contribution >= 0.6 is 0 Å². The SMILES string of the molecule is c1ccc2c(c1)OCCC2NC1=NCCCCC1. The Morgan fingerprint density at radius 3 is 3.11 bits per heavy atom. The highest BCUT2D eigenvalue weighted by Gasteiger charge is 2.21. The second-order valence-corrected chi connectivity index (χ2v) is 5.01. The normalized spacial score (nSPS) is 23.3. The first-order valence-electron chi connectivity index (χ1n) is 6.95. The number of benzene rings is 1. The molecule has 96 valence electrons. The van der Waals surface area contributed by atoms with Crippen LogP contribution < -0.4 is 10.1 Å². The third kappa shape index (κ3) is 2.50. The Bertz CT molecular complexity index is 442. The van der Waals surface area contributed by atoms with Gasteiger partial charge in [-0.1, -0.05) is 24.6 Å². The Morgan fingerprint density at radius 1 is 1.17 bits per heavy atom. The zero-order valence-electron chi connectivity index (χ0n) is 10.7. The van der Waals surface area contributed by atoms with E-state index in [1.807, 2.05) is 6.07 Å². The fraction of sp³-hybridized carbons (Fsp3) is 0.533. The zero-order valence-corrected chi connectivity index (χ0v) is 10.7. The van der Waals surface area contributed by atoms with Crippen LogP contribution in [0.4, 0.5) is 0 Å². The number of nitrogens with zero attached hydrogens (tertiary/aromatic N) is 1. The lowest BCUT2D eigenvalue weighted by atomic mass is 10.0. The number of aliphatic imine (C=N–C) groups is 1. The van der Waals surface area contributed by atoms with Crippen molar-refractivity contribution in [1.29, 1.82) is 0 Å². The van der Waals surface area contributed by atoms with Crippen LogP contribution in [-0.4, -0.2) is 19.0 Å². The number of nitrogens with one attached hydrogen (secondary N) is 1. The molecule has 2 heterocycles. The van der Waals surface area contributed by atoms with Crippen molar-refractivity contribution in [1.82, 2.24) is 5.32 Å². The smallest absolute Gasteiger partial charge is 0.124 e. The Labute approximate surface area is 108 Å². The molecule has 0 saturated carbocycles. The summed E-state index contributed by atoms with van der Waals surface area (Å²) in [6, 6.07) is 8.69. The van der Waals surface area contributed by atoms with Gasteiger partial charge >= 0.3 is 0 Å². The molecule has 1 N–H and O–H groups in total. The largest absolute Gasteiger partial charge is 0.493 e. The Balaban J connectivity index is 1.75. The van der Waals surface area contributed by atoms with Gasteiger partial charge in [0.15, 0.2) is 0 Å². The van der Waals surface area contributed by atoms with E-state index in [1.165, 1.54) is 30.7 Å². The second kappa shape index (κ2) is 5.42. The second-order valence-electron chi connectivity index (χ2n) is 5.01. The minimum absolute atomic E-state index is 0.367. The fourth-order valence-corrected chi connectivity index (χ4v) is 2.69. The Kier molecular flexibility index (Phi) is 3.49. The van der Waals surface area contributed by atoms with E-state index < -0.39 is 0 Å². The summed E-state index contributed by atoms with van der Waals surface area (Å²) < 4.78 is 5.69. The minimum atomic E-state index is 0.367. The predicted octanol–water partition coefficient (Wildman–Crippen LogP) is 3.07. The topological polar surface area (TPSA) is 33.6 Å². The third-order valence-corrected chi connectivity index (χ3v) is 3.67. The Hall–Kier alpha value is -1.51. The molecule has 1 unspecified atom stereocenters. The average Bonchev–Trinajstić information content (AvgIpc) is 2.68. The molecular weight excluding hydrogens is 224 g/mol. The van der Waals surface area contributed by atoms with Crippen LogP contribution in [0.5, 0.6) is 5.75 Å². The molecule has 0 bridgehead atoms. The standard InChI is InChI=1S/C15H20N2O/c1-2-8-15(16-10-5-1)17-13-9-11-18-14-7-4-3-6-12(13)14/h3-4,6-7,13H,1-2,5,8-11H2,(H,16,17). The van der Waals surface area contributed by atoms with Gasteiger partial charge in [0.25, 0.3) is 0 Å². The van der Waals surface area contributed by atoms with E-state index in [2.05, 4.69) is 28.5 Å². The zero-order chi connectivity index (χ0) is 12.2. The highest BCUT2D eigenvalue weighted by atomic mass is 16.5. The maximum absolute atomic E-state index is 5.69. The van der Waals surface area contributed by atoms with Crippen LogP contribution in [0.25, 0.3) is 0 Å². The number of amidine groups is 1. The first kappa shape index (κ1) is 11.6. The maximum Gasteiger partial charge on any atom is 0.124 e. The summed E-state index contributed by atoms with van der Waals surface area (Å²) in [6.45, 7) is 1.77. The van der Waals surface area contributed by atoms with E-state index in [4.69, 9.17) is 4.74 Å². The molecular formula is C15H20N2O. The fourth-order valence-electron chi connectivity index (χ4n) is 2.69. The van der Waals surface area contributed by atoms with Crippen LogP contribution in [-0.2, 0) is 0 Å². The van der Waals surface area contributed by atoms with Crippen LogP contribution in [0.1, 0.15) is 43.7 Å². The molecule has 3 nitrogen and oxygen atoms in total. The molecule has 0 radical (unpaired) electrons. The molecule has 0 aromatic heterocycles. The van der Waals surface area contributed by atoms with Crippen molar-refractivity contribution in [2.75, 3.05) is 13.2 Å². The minimum Gasteiger partial charge on any atom is -0.493 e. The molecule has 0 amide bonds. The molecule has 0 spiro atoms. The van der Waals surface area contributed by atoms with Gasteiger partial charge in [0.2, 0.25) is 0 Å². The van der Waals surface area contributed by atoms with Gasteiger partial charge in [-0.2, -0.15) is 0 Å². The lowest BCUT2D eigenvalue weighted by molar-refractivity contribution is 0.262. The molecule has 1 aromatic carbocycles. The van der Waals surface area contributed by atoms with Crippen molar-refractivity contribution in [2.24, 2.45) is 4.99 Å². The van der Waals surface area contributed by atoms with Gasteiger partial charge in [-0.3, -0.25) is 4.99 Å². The summed E-state index contributed by atoms with van der Waals surface area (Å²) in [7, 11) is 0. The summed E-state index contributed by atoms with van der Waals surface area (Å²) in [6.07, 6.45) is 5.92. The first-order valence-corrected chi connectivity index (χ1v) is 6.95. The molecule has 0 saturated heterocycles. The third-order valence-electron chi connectivity index (χ3n) is 3.67. The van der Waals surface area contributed by atoms with Gasteiger partial charge in [-0.15, -0.1) is 0 Å². The van der Waals surface area contributed by atoms with E-state index >= 15 is 0 Å². The van der Waals surface area contributed by atoms with Crippen LogP contribution in [0.15, 0.2) is 29.3 Å². The van der Waals surface area contributed by atoms with Crippen molar-refractivity contribution in [2.45, 2.75) is 38.1 Å². The van der Waals surface area contributed by atoms with E-state index in [0.29, 0.717) is 6.04 Å². The first-order chi connectivity index (χ1) is 8.93. The lowest BCUT2D eigenvalue weighted by Crippen LogP contribution is -2.32. The van der Waals surface area contributed by atoms with Crippen LogP contribution in [0, 0.1) is 0 Å². The molecule has 18 heavy (non-hydrogen) atoms. The van der Waals surface area contributed by atoms with Gasteiger partial charge in [0, 0.05) is 24.9 Å². The van der Waals surface area contributed by atoms with Gasteiger partial charge in [-0.25, -0.2) is 0 Å². The number of hydrogen-bond donors (Lipinski definition) is 1. The summed E-state index contributed by atoms with van der Waals surface area (Å²) in [5.74, 6) is 2.21. The Morgan fingerprint density at radius 2 is 2.11 bits per heavy atom. The highest BCUT2D eigenvalue weighted by molar-refractivity contribution is 5.82. The van der Waals surface area contributed by atoms with Crippen LogP contribution in [0.3, 0.4) is 0 Å². The summed E-state index contributed by atoms with van der Waals surface area (Å²) in [5, 5.41) is 3.62. The van der Waals surface area contributed by atoms with Crippen molar-refractivity contribution in [3.63, 3.8) is 0 Å².